The molecule has 0 spiro atoms. The van der Waals surface area contributed by atoms with Crippen LogP contribution in [0.15, 0.2) is 65.1 Å². The Morgan fingerprint density at radius 1 is 0.894 bits per heavy atom. The maximum absolute atomic E-state index is 14.0. The summed E-state index contributed by atoms with van der Waals surface area (Å²) in [4.78, 5) is 58.7. The van der Waals surface area contributed by atoms with Crippen molar-refractivity contribution >= 4 is 40.3 Å². The smallest absolute Gasteiger partial charge is 0.333 e. The van der Waals surface area contributed by atoms with Crippen LogP contribution in [0.5, 0.6) is 0 Å². The topological polar surface area (TPSA) is 103 Å². The summed E-state index contributed by atoms with van der Waals surface area (Å²) in [6, 6.07) is 20.1. The van der Waals surface area contributed by atoms with Gasteiger partial charge < -0.3 is 19.1 Å². The van der Waals surface area contributed by atoms with E-state index in [1.807, 2.05) is 24.3 Å². The van der Waals surface area contributed by atoms with E-state index in [-0.39, 0.29) is 31.7 Å². The lowest BCUT2D eigenvalue weighted by molar-refractivity contribution is -0.197. The molecule has 10 heteroatoms. The van der Waals surface area contributed by atoms with Crippen molar-refractivity contribution in [3.05, 3.63) is 71.6 Å². The van der Waals surface area contributed by atoms with Crippen LogP contribution in [0.4, 0.5) is 5.69 Å². The SMILES string of the molecule is CCN(CC)c1ccc2c(-c3ccccc3C(=O)N(C)CCCC(=O)ON3C(=O)CCC3=O)c3ccc(=[N+](CC)CC)cc-3oc2c1. The van der Waals surface area contributed by atoms with Crippen LogP contribution in [-0.2, 0) is 19.2 Å². The van der Waals surface area contributed by atoms with Gasteiger partial charge in [-0.05, 0) is 63.9 Å². The number of hydrogen-bond donors (Lipinski definition) is 0. The first-order chi connectivity index (χ1) is 22.7. The Balaban J connectivity index is 1.51. The predicted molar refractivity (Wildman–Crippen MR) is 182 cm³/mol. The molecular formula is C37H43N4O6+. The number of rotatable bonds is 12. The Kier molecular flexibility index (Phi) is 10.4. The van der Waals surface area contributed by atoms with Gasteiger partial charge in [-0.25, -0.2) is 9.37 Å². The summed E-state index contributed by atoms with van der Waals surface area (Å²) in [5.74, 6) is -1.18. The zero-order chi connectivity index (χ0) is 33.7. The molecule has 0 atom stereocenters. The van der Waals surface area contributed by atoms with Gasteiger partial charge in [-0.3, -0.25) is 14.4 Å². The Labute approximate surface area is 275 Å². The molecular weight excluding hydrogens is 596 g/mol. The molecule has 0 N–H and O–H groups in total. The summed E-state index contributed by atoms with van der Waals surface area (Å²) < 4.78 is 8.89. The van der Waals surface area contributed by atoms with Gasteiger partial charge in [0, 0.05) is 85.8 Å². The van der Waals surface area contributed by atoms with Crippen molar-refractivity contribution < 1.29 is 28.4 Å². The summed E-state index contributed by atoms with van der Waals surface area (Å²) in [7, 11) is 1.70. The first-order valence-corrected chi connectivity index (χ1v) is 16.5. The van der Waals surface area contributed by atoms with Crippen LogP contribution in [0.2, 0.25) is 0 Å². The van der Waals surface area contributed by atoms with E-state index in [4.69, 9.17) is 9.25 Å². The van der Waals surface area contributed by atoms with Crippen molar-refractivity contribution in [2.24, 2.45) is 0 Å². The van der Waals surface area contributed by atoms with Gasteiger partial charge in [0.05, 0.1) is 6.07 Å². The second-order valence-electron chi connectivity index (χ2n) is 11.6. The molecule has 0 aromatic heterocycles. The summed E-state index contributed by atoms with van der Waals surface area (Å²) in [5, 5.41) is 2.52. The second kappa shape index (κ2) is 14.6. The van der Waals surface area contributed by atoms with Crippen molar-refractivity contribution in [2.75, 3.05) is 44.7 Å². The van der Waals surface area contributed by atoms with E-state index in [1.165, 1.54) is 0 Å². The lowest BCUT2D eigenvalue weighted by Crippen LogP contribution is -2.32. The number of anilines is 1. The quantitative estimate of drug-likeness (QED) is 0.117. The van der Waals surface area contributed by atoms with Crippen LogP contribution in [-0.4, -0.2) is 73.4 Å². The summed E-state index contributed by atoms with van der Waals surface area (Å²) in [5.41, 5.74) is 4.93. The molecule has 2 aromatic carbocycles. The average Bonchev–Trinajstić information content (AvgIpc) is 3.39. The molecule has 0 radical (unpaired) electrons. The van der Waals surface area contributed by atoms with Crippen molar-refractivity contribution in [1.82, 2.24) is 14.5 Å². The van der Waals surface area contributed by atoms with Crippen LogP contribution in [0.1, 0.15) is 63.7 Å². The third kappa shape index (κ3) is 6.91. The molecule has 3 amide bonds. The Bertz CT molecular complexity index is 1840. The minimum atomic E-state index is -0.686. The van der Waals surface area contributed by atoms with E-state index in [9.17, 15) is 19.2 Å². The van der Waals surface area contributed by atoms with E-state index in [2.05, 4.69) is 73.6 Å². The fourth-order valence-corrected chi connectivity index (χ4v) is 6.19. The highest BCUT2D eigenvalue weighted by Gasteiger charge is 2.32. The van der Waals surface area contributed by atoms with Crippen molar-refractivity contribution in [3.8, 4) is 22.5 Å². The molecule has 5 rings (SSSR count). The van der Waals surface area contributed by atoms with E-state index in [1.54, 1.807) is 11.9 Å². The third-order valence-electron chi connectivity index (χ3n) is 8.79. The summed E-state index contributed by atoms with van der Waals surface area (Å²) >= 11 is 0. The maximum atomic E-state index is 14.0. The zero-order valence-electron chi connectivity index (χ0n) is 27.9. The fourth-order valence-electron chi connectivity index (χ4n) is 6.19. The third-order valence-corrected chi connectivity index (χ3v) is 8.79. The number of imide groups is 1. The number of fused-ring (bicyclic) bond motifs is 2. The highest BCUT2D eigenvalue weighted by molar-refractivity contribution is 6.09. The minimum Gasteiger partial charge on any atom is -0.456 e. The molecule has 2 aromatic rings. The average molecular weight is 640 g/mol. The van der Waals surface area contributed by atoms with E-state index < -0.39 is 17.8 Å². The van der Waals surface area contributed by atoms with Crippen molar-refractivity contribution in [2.45, 2.75) is 53.4 Å². The zero-order valence-corrected chi connectivity index (χ0v) is 27.9. The largest absolute Gasteiger partial charge is 0.456 e. The molecule has 0 unspecified atom stereocenters. The molecule has 3 aliphatic rings. The Morgan fingerprint density at radius 2 is 1.60 bits per heavy atom. The molecule has 0 bridgehead atoms. The number of amides is 3. The van der Waals surface area contributed by atoms with Crippen LogP contribution in [0.3, 0.4) is 0 Å². The maximum Gasteiger partial charge on any atom is 0.333 e. The molecule has 2 aliphatic heterocycles. The molecule has 246 valence electrons. The Hall–Kier alpha value is -4.99. The van der Waals surface area contributed by atoms with Crippen molar-refractivity contribution in [1.29, 1.82) is 0 Å². The second-order valence-corrected chi connectivity index (χ2v) is 11.6. The number of hydroxylamine groups is 2. The number of hydrogen-bond acceptors (Lipinski definition) is 7. The van der Waals surface area contributed by atoms with Gasteiger partial charge in [-0.15, -0.1) is 5.06 Å². The van der Waals surface area contributed by atoms with Crippen LogP contribution in [0, 0.1) is 0 Å². The van der Waals surface area contributed by atoms with E-state index >= 15 is 0 Å². The van der Waals surface area contributed by atoms with Crippen LogP contribution in [0.25, 0.3) is 33.4 Å². The van der Waals surface area contributed by atoms with E-state index in [0.29, 0.717) is 17.0 Å². The monoisotopic (exact) mass is 639 g/mol. The normalized spacial score (nSPS) is 13.0. The van der Waals surface area contributed by atoms with Gasteiger partial charge in [-0.2, -0.15) is 0 Å². The van der Waals surface area contributed by atoms with Gasteiger partial charge in [0.15, 0.2) is 0 Å². The molecule has 1 aliphatic carbocycles. The van der Waals surface area contributed by atoms with Gasteiger partial charge in [0.2, 0.25) is 5.36 Å². The van der Waals surface area contributed by atoms with Gasteiger partial charge in [0.1, 0.15) is 24.4 Å². The number of benzene rings is 3. The predicted octanol–water partition coefficient (Wildman–Crippen LogP) is 5.32. The molecule has 47 heavy (non-hydrogen) atoms. The highest BCUT2D eigenvalue weighted by atomic mass is 16.7. The number of nitrogens with zero attached hydrogens (tertiary/aromatic N) is 4. The van der Waals surface area contributed by atoms with Gasteiger partial charge >= 0.3 is 5.97 Å². The molecule has 10 nitrogen and oxygen atoms in total. The molecule has 1 fully saturated rings. The van der Waals surface area contributed by atoms with Crippen molar-refractivity contribution in [3.63, 3.8) is 0 Å². The van der Waals surface area contributed by atoms with Crippen LogP contribution >= 0.6 is 0 Å². The standard InChI is InChI=1S/C37H43N4O6/c1-6-39(7-2)25-16-18-29-31(23-25)46-32-24-26(40(8-3)9-4)17-19-30(32)36(29)27-13-10-11-14-28(27)37(45)38(5)22-12-15-35(44)47-41-33(42)20-21-34(41)43/h10-11,13-14,16-19,23-24H,6-9,12,15,20-22H2,1-5H3/q+1. The lowest BCUT2D eigenvalue weighted by atomic mass is 9.90. The van der Waals surface area contributed by atoms with Gasteiger partial charge in [0.25, 0.3) is 17.7 Å². The number of carbonyl (C=O) groups is 4. The minimum absolute atomic E-state index is 0.0387. The molecule has 2 heterocycles. The first-order valence-electron chi connectivity index (χ1n) is 16.5. The molecule has 1 saturated heterocycles. The summed E-state index contributed by atoms with van der Waals surface area (Å²) in [6.45, 7) is 12.3. The number of carbonyl (C=O) groups excluding carboxylic acids is 4. The van der Waals surface area contributed by atoms with E-state index in [0.717, 1.165) is 70.6 Å². The van der Waals surface area contributed by atoms with Crippen LogP contribution < -0.4 is 14.8 Å². The highest BCUT2D eigenvalue weighted by Crippen LogP contribution is 2.42. The fraction of sp³-hybridized carbons (Fsp3) is 0.378. The molecule has 0 saturated carbocycles. The first kappa shape index (κ1) is 33.4. The summed E-state index contributed by atoms with van der Waals surface area (Å²) in [6.07, 6.45) is 0.335. The Morgan fingerprint density at radius 3 is 2.28 bits per heavy atom. The lowest BCUT2D eigenvalue weighted by Gasteiger charge is -2.23. The van der Waals surface area contributed by atoms with Gasteiger partial charge in [-0.1, -0.05) is 18.2 Å².